The maximum absolute atomic E-state index is 10.6. The first kappa shape index (κ1) is 13.8. The lowest BCUT2D eigenvalue weighted by Gasteiger charge is -2.09. The molecule has 2 aromatic carbocycles. The van der Waals surface area contributed by atoms with E-state index in [0.29, 0.717) is 12.2 Å². The van der Waals surface area contributed by atoms with Crippen LogP contribution in [0, 0.1) is 0 Å². The van der Waals surface area contributed by atoms with Crippen LogP contribution in [0.4, 0.5) is 0 Å². The van der Waals surface area contributed by atoms with E-state index >= 15 is 0 Å². The van der Waals surface area contributed by atoms with Crippen molar-refractivity contribution in [1.82, 2.24) is 0 Å². The summed E-state index contributed by atoms with van der Waals surface area (Å²) in [6, 6.07) is 13.7. The monoisotopic (exact) mass is 318 g/mol. The molecule has 0 amide bonds. The summed E-state index contributed by atoms with van der Waals surface area (Å²) in [4.78, 5) is 10.6. The molecule has 0 spiro atoms. The van der Waals surface area contributed by atoms with Crippen molar-refractivity contribution in [2.45, 2.75) is 20.0 Å². The van der Waals surface area contributed by atoms with Gasteiger partial charge in [-0.25, -0.2) is 0 Å². The molecule has 0 aliphatic heterocycles. The van der Waals surface area contributed by atoms with Crippen LogP contribution in [0.2, 0.25) is 0 Å². The molecule has 0 fully saturated rings. The quantitative estimate of drug-likeness (QED) is 0.764. The molecular weight excluding hydrogens is 304 g/mol. The molecule has 19 heavy (non-hydrogen) atoms. The van der Waals surface area contributed by atoms with Gasteiger partial charge in [-0.05, 0) is 51.7 Å². The molecule has 0 N–H and O–H groups in total. The van der Waals surface area contributed by atoms with Gasteiger partial charge in [0.25, 0.3) is 0 Å². The van der Waals surface area contributed by atoms with Crippen LogP contribution >= 0.6 is 15.9 Å². The fourth-order valence-electron chi connectivity index (χ4n) is 1.74. The third-order valence-corrected chi connectivity index (χ3v) is 3.54. The second kappa shape index (κ2) is 6.53. The predicted molar refractivity (Wildman–Crippen MR) is 79.7 cm³/mol. The summed E-state index contributed by atoms with van der Waals surface area (Å²) in [5.74, 6) is 0.741. The number of hydrogen-bond acceptors (Lipinski definition) is 2. The predicted octanol–water partition coefficient (Wildman–Crippen LogP) is 4.40. The van der Waals surface area contributed by atoms with E-state index < -0.39 is 0 Å². The summed E-state index contributed by atoms with van der Waals surface area (Å²) in [6.45, 7) is 2.65. The van der Waals surface area contributed by atoms with Crippen LogP contribution in [-0.2, 0) is 13.0 Å². The molecule has 3 heteroatoms. The van der Waals surface area contributed by atoms with Gasteiger partial charge in [0, 0.05) is 5.56 Å². The Labute approximate surface area is 121 Å². The minimum absolute atomic E-state index is 0.517. The van der Waals surface area contributed by atoms with Gasteiger partial charge in [0.2, 0.25) is 0 Å². The van der Waals surface area contributed by atoms with Crippen molar-refractivity contribution in [2.75, 3.05) is 0 Å². The van der Waals surface area contributed by atoms with E-state index in [1.807, 2.05) is 0 Å². The number of benzene rings is 2. The molecule has 0 atom stereocenters. The van der Waals surface area contributed by atoms with E-state index in [0.717, 1.165) is 28.5 Å². The van der Waals surface area contributed by atoms with Crippen molar-refractivity contribution in [3.05, 3.63) is 63.6 Å². The van der Waals surface area contributed by atoms with E-state index in [1.54, 1.807) is 18.2 Å². The SMILES string of the molecule is CCc1ccc(COc2ccc(C=O)cc2Br)cc1. The van der Waals surface area contributed by atoms with Gasteiger partial charge < -0.3 is 4.74 Å². The van der Waals surface area contributed by atoms with Crippen molar-refractivity contribution >= 4 is 22.2 Å². The second-order valence-corrected chi connectivity index (χ2v) is 5.12. The van der Waals surface area contributed by atoms with Crippen LogP contribution < -0.4 is 4.74 Å². The average molecular weight is 319 g/mol. The Kier molecular flexibility index (Phi) is 4.74. The Balaban J connectivity index is 2.03. The van der Waals surface area contributed by atoms with Crippen molar-refractivity contribution in [2.24, 2.45) is 0 Å². The van der Waals surface area contributed by atoms with Crippen molar-refractivity contribution in [3.8, 4) is 5.75 Å². The highest BCUT2D eigenvalue weighted by atomic mass is 79.9. The molecule has 0 aliphatic carbocycles. The minimum Gasteiger partial charge on any atom is -0.488 e. The van der Waals surface area contributed by atoms with Gasteiger partial charge in [-0.1, -0.05) is 31.2 Å². The molecule has 0 bridgehead atoms. The highest BCUT2D eigenvalue weighted by molar-refractivity contribution is 9.10. The zero-order chi connectivity index (χ0) is 13.7. The van der Waals surface area contributed by atoms with E-state index in [-0.39, 0.29) is 0 Å². The van der Waals surface area contributed by atoms with Gasteiger partial charge in [-0.2, -0.15) is 0 Å². The first-order valence-electron chi connectivity index (χ1n) is 6.18. The van der Waals surface area contributed by atoms with Gasteiger partial charge in [0.15, 0.2) is 0 Å². The molecule has 0 saturated heterocycles. The lowest BCUT2D eigenvalue weighted by Crippen LogP contribution is -1.96. The average Bonchev–Trinajstić information content (AvgIpc) is 2.46. The molecule has 0 aromatic heterocycles. The lowest BCUT2D eigenvalue weighted by molar-refractivity contribution is 0.112. The van der Waals surface area contributed by atoms with E-state index in [1.165, 1.54) is 5.56 Å². The molecule has 0 aliphatic rings. The zero-order valence-corrected chi connectivity index (χ0v) is 12.3. The topological polar surface area (TPSA) is 26.3 Å². The number of aryl methyl sites for hydroxylation is 1. The lowest BCUT2D eigenvalue weighted by atomic mass is 10.1. The van der Waals surface area contributed by atoms with Crippen LogP contribution in [0.15, 0.2) is 46.9 Å². The van der Waals surface area contributed by atoms with Gasteiger partial charge in [0.05, 0.1) is 4.47 Å². The van der Waals surface area contributed by atoms with Crippen LogP contribution in [0.3, 0.4) is 0 Å². The van der Waals surface area contributed by atoms with E-state index in [4.69, 9.17) is 4.74 Å². The summed E-state index contributed by atoms with van der Waals surface area (Å²) in [7, 11) is 0. The van der Waals surface area contributed by atoms with E-state index in [9.17, 15) is 4.79 Å². The molecule has 0 unspecified atom stereocenters. The van der Waals surface area contributed by atoms with Crippen LogP contribution in [0.1, 0.15) is 28.4 Å². The summed E-state index contributed by atoms with van der Waals surface area (Å²) in [6.07, 6.45) is 1.86. The molecule has 0 saturated carbocycles. The first-order valence-corrected chi connectivity index (χ1v) is 6.97. The second-order valence-electron chi connectivity index (χ2n) is 4.27. The van der Waals surface area contributed by atoms with Gasteiger partial charge >= 0.3 is 0 Å². The van der Waals surface area contributed by atoms with Crippen LogP contribution in [0.5, 0.6) is 5.75 Å². The third kappa shape index (κ3) is 3.67. The van der Waals surface area contributed by atoms with Gasteiger partial charge in [-0.3, -0.25) is 4.79 Å². The van der Waals surface area contributed by atoms with Gasteiger partial charge in [0.1, 0.15) is 18.6 Å². The normalized spacial score (nSPS) is 10.2. The number of carbonyl (C=O) groups excluding carboxylic acids is 1. The third-order valence-electron chi connectivity index (χ3n) is 2.92. The smallest absolute Gasteiger partial charge is 0.150 e. The minimum atomic E-state index is 0.517. The molecule has 2 nitrogen and oxygen atoms in total. The summed E-state index contributed by atoms with van der Waals surface area (Å²) < 4.78 is 6.53. The maximum Gasteiger partial charge on any atom is 0.150 e. The molecule has 98 valence electrons. The summed E-state index contributed by atoms with van der Waals surface area (Å²) in [5.41, 5.74) is 3.08. The fourth-order valence-corrected chi connectivity index (χ4v) is 2.25. The molecule has 2 aromatic rings. The zero-order valence-electron chi connectivity index (χ0n) is 10.7. The number of carbonyl (C=O) groups is 1. The standard InChI is InChI=1S/C16H15BrO2/c1-2-12-3-5-13(6-4-12)11-19-16-8-7-14(10-18)9-15(16)17/h3-10H,2,11H2,1H3. The van der Waals surface area contributed by atoms with Crippen molar-refractivity contribution in [3.63, 3.8) is 0 Å². The molecule has 0 heterocycles. The van der Waals surface area contributed by atoms with Crippen LogP contribution in [0.25, 0.3) is 0 Å². The number of hydrogen-bond donors (Lipinski definition) is 0. The Hall–Kier alpha value is -1.61. The first-order chi connectivity index (χ1) is 9.22. The summed E-state index contributed by atoms with van der Waals surface area (Å²) >= 11 is 3.40. The molecule has 0 radical (unpaired) electrons. The molecule has 2 rings (SSSR count). The fraction of sp³-hybridized carbons (Fsp3) is 0.188. The van der Waals surface area contributed by atoms with Crippen molar-refractivity contribution < 1.29 is 9.53 Å². The van der Waals surface area contributed by atoms with Crippen LogP contribution in [-0.4, -0.2) is 6.29 Å². The van der Waals surface area contributed by atoms with Crippen molar-refractivity contribution in [1.29, 1.82) is 0 Å². The Morgan fingerprint density at radius 1 is 1.11 bits per heavy atom. The Morgan fingerprint density at radius 3 is 2.37 bits per heavy atom. The highest BCUT2D eigenvalue weighted by Gasteiger charge is 2.03. The number of halogens is 1. The largest absolute Gasteiger partial charge is 0.488 e. The van der Waals surface area contributed by atoms with Gasteiger partial charge in [-0.15, -0.1) is 0 Å². The number of aldehydes is 1. The number of rotatable bonds is 5. The Bertz CT molecular complexity index is 561. The summed E-state index contributed by atoms with van der Waals surface area (Å²) in [5, 5.41) is 0. The highest BCUT2D eigenvalue weighted by Crippen LogP contribution is 2.26. The molecular formula is C16H15BrO2. The Morgan fingerprint density at radius 2 is 1.79 bits per heavy atom. The maximum atomic E-state index is 10.6. The number of ether oxygens (including phenoxy) is 1. The van der Waals surface area contributed by atoms with E-state index in [2.05, 4.69) is 47.1 Å².